The minimum atomic E-state index is -0.834. The van der Waals surface area contributed by atoms with Gasteiger partial charge in [0, 0.05) is 42.3 Å². The molecule has 308 valence electrons. The number of phenols is 1. The Hall–Kier alpha value is -6.27. The maximum Gasteiger partial charge on any atom is 0.408 e. The molecule has 3 aliphatic rings. The van der Waals surface area contributed by atoms with Gasteiger partial charge in [-0.25, -0.2) is 4.79 Å². The number of rotatable bonds is 16. The summed E-state index contributed by atoms with van der Waals surface area (Å²) in [5.74, 6) is 1.04. The fourth-order valence-corrected chi connectivity index (χ4v) is 8.85. The summed E-state index contributed by atoms with van der Waals surface area (Å²) in [7, 11) is 0. The normalized spacial score (nSPS) is 19.4. The van der Waals surface area contributed by atoms with Gasteiger partial charge in [0.05, 0.1) is 30.8 Å². The number of aliphatic hydroxyl groups excluding tert-OH is 1. The van der Waals surface area contributed by atoms with Crippen LogP contribution in [0.5, 0.6) is 11.5 Å². The third kappa shape index (κ3) is 9.61. The first-order valence-corrected chi connectivity index (χ1v) is 20.7. The van der Waals surface area contributed by atoms with Crippen molar-refractivity contribution in [2.45, 2.75) is 44.1 Å². The highest BCUT2D eigenvalue weighted by molar-refractivity contribution is 5.97. The number of H-pyrrole nitrogens is 1. The van der Waals surface area contributed by atoms with E-state index in [-0.39, 0.29) is 29.1 Å². The van der Waals surface area contributed by atoms with Crippen LogP contribution in [0.3, 0.4) is 0 Å². The van der Waals surface area contributed by atoms with Gasteiger partial charge in [-0.15, -0.1) is 0 Å². The van der Waals surface area contributed by atoms with E-state index >= 15 is 0 Å². The van der Waals surface area contributed by atoms with Gasteiger partial charge in [0.25, 0.3) is 0 Å². The van der Waals surface area contributed by atoms with Gasteiger partial charge >= 0.3 is 6.09 Å². The van der Waals surface area contributed by atoms with Gasteiger partial charge in [-0.2, -0.15) is 0 Å². The summed E-state index contributed by atoms with van der Waals surface area (Å²) in [6.45, 7) is 4.17. The third-order valence-corrected chi connectivity index (χ3v) is 12.1. The first-order valence-electron chi connectivity index (χ1n) is 20.7. The number of carbonyl (C=O) groups excluding carboxylic acids is 2. The predicted octanol–water partition coefficient (Wildman–Crippen LogP) is 6.99. The summed E-state index contributed by atoms with van der Waals surface area (Å²) in [5, 5.41) is 28.2. The molecule has 4 heterocycles. The number of phenolic OH excluding ortho intramolecular Hbond substituents is 1. The molecule has 1 amide bonds. The zero-order valence-electron chi connectivity index (χ0n) is 33.5. The second kappa shape index (κ2) is 18.3. The van der Waals surface area contributed by atoms with Crippen molar-refractivity contribution in [3.8, 4) is 11.5 Å². The van der Waals surface area contributed by atoms with Crippen LogP contribution in [0.25, 0.3) is 10.9 Å². The number of aromatic amines is 1. The topological polar surface area (TPSA) is 150 Å². The Labute approximate surface area is 349 Å². The standard InChI is InChI=1S/C49H50N4O7/c54-42-19-17-40(41-18-20-46(57)51-48(41)42)43(55)29-50-24-21-33-9-7-10-34(27-33)32-59-39-16-8-15-38(28-39)47(37-13-5-2-6-14-37)52-49(58)60-45-31-53(25-22-36(45)23-26-53)30-44(56)35-11-3-1-4-12-35/h1-20,27-28,36,43,45,47,50,55H,21-26,29-32H2,(H2-,51,52,54,57,58)/p+1/t36?,43-,45-,47?,53?/m0/s1. The van der Waals surface area contributed by atoms with Crippen molar-refractivity contribution in [1.29, 1.82) is 0 Å². The van der Waals surface area contributed by atoms with Crippen LogP contribution in [0.4, 0.5) is 4.79 Å². The second-order valence-corrected chi connectivity index (χ2v) is 16.1. The minimum Gasteiger partial charge on any atom is -0.506 e. The Bertz CT molecular complexity index is 2480. The van der Waals surface area contributed by atoms with Crippen LogP contribution in [-0.4, -0.2) is 76.9 Å². The number of benzene rings is 5. The Morgan fingerprint density at radius 1 is 0.817 bits per heavy atom. The lowest BCUT2D eigenvalue weighted by Crippen LogP contribution is -2.66. The molecule has 5 aromatic carbocycles. The Morgan fingerprint density at radius 2 is 1.55 bits per heavy atom. The molecular formula is C49H51N4O7+. The molecule has 11 nitrogen and oxygen atoms in total. The molecule has 1 unspecified atom stereocenters. The van der Waals surface area contributed by atoms with E-state index < -0.39 is 18.2 Å². The molecular weight excluding hydrogens is 757 g/mol. The Balaban J connectivity index is 0.864. The summed E-state index contributed by atoms with van der Waals surface area (Å²) >= 11 is 0. The van der Waals surface area contributed by atoms with E-state index in [4.69, 9.17) is 9.47 Å². The summed E-state index contributed by atoms with van der Waals surface area (Å²) < 4.78 is 13.2. The molecule has 60 heavy (non-hydrogen) atoms. The van der Waals surface area contributed by atoms with Crippen molar-refractivity contribution < 1.29 is 33.8 Å². The number of amides is 1. The number of aromatic nitrogens is 1. The minimum absolute atomic E-state index is 0.0423. The molecule has 6 aromatic rings. The largest absolute Gasteiger partial charge is 0.506 e. The number of aliphatic hydroxyl groups is 1. The molecule has 0 spiro atoms. The van der Waals surface area contributed by atoms with Gasteiger partial charge in [-0.3, -0.25) is 9.59 Å². The average Bonchev–Trinajstić information content (AvgIpc) is 3.27. The highest BCUT2D eigenvalue weighted by Gasteiger charge is 2.48. The monoisotopic (exact) mass is 807 g/mol. The molecule has 0 radical (unpaired) electrons. The summed E-state index contributed by atoms with van der Waals surface area (Å²) in [6.07, 6.45) is 1.01. The van der Waals surface area contributed by atoms with Crippen LogP contribution < -0.4 is 20.9 Å². The van der Waals surface area contributed by atoms with Crippen molar-refractivity contribution in [3.63, 3.8) is 0 Å². The number of pyridine rings is 1. The van der Waals surface area contributed by atoms with Crippen molar-refractivity contribution in [3.05, 3.63) is 177 Å². The number of aromatic hydroxyl groups is 1. The van der Waals surface area contributed by atoms with E-state index in [1.807, 2.05) is 97.1 Å². The average molecular weight is 808 g/mol. The summed E-state index contributed by atoms with van der Waals surface area (Å²) in [4.78, 5) is 41.3. The lowest BCUT2D eigenvalue weighted by Gasteiger charge is -2.51. The number of Topliss-reactive ketones (excluding diaryl/α,β-unsaturated/α-hetero) is 1. The van der Waals surface area contributed by atoms with Gasteiger partial charge in [0.2, 0.25) is 11.3 Å². The zero-order valence-corrected chi connectivity index (χ0v) is 33.5. The smallest absolute Gasteiger partial charge is 0.408 e. The quantitative estimate of drug-likeness (QED) is 0.0400. The molecule has 9 rings (SSSR count). The predicted molar refractivity (Wildman–Crippen MR) is 230 cm³/mol. The van der Waals surface area contributed by atoms with Crippen molar-refractivity contribution in [1.82, 2.24) is 15.6 Å². The van der Waals surface area contributed by atoms with Crippen molar-refractivity contribution in [2.75, 3.05) is 39.3 Å². The van der Waals surface area contributed by atoms with Gasteiger partial charge in [0.1, 0.15) is 31.2 Å². The fraction of sp³-hybridized carbons (Fsp3) is 0.286. The van der Waals surface area contributed by atoms with E-state index in [1.54, 1.807) is 12.1 Å². The zero-order chi connectivity index (χ0) is 41.5. The number of carbonyl (C=O) groups is 2. The van der Waals surface area contributed by atoms with Crippen LogP contribution in [-0.2, 0) is 17.8 Å². The number of piperidine rings is 3. The lowest BCUT2D eigenvalue weighted by atomic mass is 9.83. The molecule has 1 aromatic heterocycles. The first-order chi connectivity index (χ1) is 29.2. The molecule has 3 atom stereocenters. The molecule has 3 saturated heterocycles. The van der Waals surface area contributed by atoms with E-state index in [0.717, 1.165) is 60.2 Å². The Morgan fingerprint density at radius 3 is 2.35 bits per heavy atom. The van der Waals surface area contributed by atoms with Gasteiger partial charge in [-0.05, 0) is 65.0 Å². The van der Waals surface area contributed by atoms with Gasteiger partial charge < -0.3 is 39.8 Å². The number of nitrogens with one attached hydrogen (secondary N) is 3. The number of fused-ring (bicyclic) bond motifs is 4. The van der Waals surface area contributed by atoms with E-state index in [9.17, 15) is 24.6 Å². The number of quaternary nitrogens is 1. The Kier molecular flexibility index (Phi) is 12.4. The number of nitrogens with zero attached hydrogens (tertiary/aromatic N) is 1. The van der Waals surface area contributed by atoms with Crippen LogP contribution in [0.2, 0.25) is 0 Å². The number of alkyl carbamates (subject to hydrolysis) is 1. The highest BCUT2D eigenvalue weighted by Crippen LogP contribution is 2.36. The molecule has 2 bridgehead atoms. The van der Waals surface area contributed by atoms with Crippen LogP contribution in [0.15, 0.2) is 138 Å². The van der Waals surface area contributed by atoms with Crippen LogP contribution >= 0.6 is 0 Å². The second-order valence-electron chi connectivity index (χ2n) is 16.1. The van der Waals surface area contributed by atoms with E-state index in [2.05, 4.69) is 27.8 Å². The molecule has 3 aliphatic heterocycles. The van der Waals surface area contributed by atoms with E-state index in [0.29, 0.717) is 59.5 Å². The number of ether oxygens (including phenoxy) is 2. The number of hydrogen-bond acceptors (Lipinski definition) is 8. The summed E-state index contributed by atoms with van der Waals surface area (Å²) in [6, 6.07) is 40.9. The maximum absolute atomic E-state index is 13.7. The fourth-order valence-electron chi connectivity index (χ4n) is 8.85. The molecule has 11 heteroatoms. The molecule has 5 N–H and O–H groups in total. The molecule has 0 aliphatic carbocycles. The van der Waals surface area contributed by atoms with Gasteiger partial charge in [0.15, 0.2) is 6.10 Å². The first kappa shape index (κ1) is 40.5. The highest BCUT2D eigenvalue weighted by atomic mass is 16.6. The lowest BCUT2D eigenvalue weighted by molar-refractivity contribution is -0.938. The maximum atomic E-state index is 13.7. The third-order valence-electron chi connectivity index (χ3n) is 12.1. The van der Waals surface area contributed by atoms with E-state index in [1.165, 1.54) is 12.1 Å². The number of ketones is 1. The SMILES string of the molecule is O=C(NC(c1ccccc1)c1cccc(OCc2cccc(CCNC[C@H](O)c3ccc(O)c4[nH]c(=O)ccc34)c2)c1)O[C@H]1C[N+]2(CC(=O)c3ccccc3)CCC1CC2. The summed E-state index contributed by atoms with van der Waals surface area (Å²) in [5.41, 5.74) is 5.23. The van der Waals surface area contributed by atoms with Gasteiger partial charge in [-0.1, -0.05) is 103 Å². The van der Waals surface area contributed by atoms with Crippen molar-refractivity contribution in [2.24, 2.45) is 5.92 Å². The van der Waals surface area contributed by atoms with Crippen molar-refractivity contribution >= 4 is 22.8 Å². The van der Waals surface area contributed by atoms with Crippen LogP contribution in [0, 0.1) is 5.92 Å². The molecule has 3 fully saturated rings. The van der Waals surface area contributed by atoms with Crippen LogP contribution in [0.1, 0.15) is 63.2 Å². The molecule has 0 saturated carbocycles. The number of hydrogen-bond donors (Lipinski definition) is 5.